The summed E-state index contributed by atoms with van der Waals surface area (Å²) in [7, 11) is 1.61. The van der Waals surface area contributed by atoms with Crippen LogP contribution in [0.25, 0.3) is 10.8 Å². The SMILES string of the molecule is COc1c(C(=O)C[n+]2ccn(Cc3ccccc3)c2)ccc2ccccc12.[Br-]. The summed E-state index contributed by atoms with van der Waals surface area (Å²) < 4.78 is 9.54. The van der Waals surface area contributed by atoms with E-state index in [4.69, 9.17) is 4.74 Å². The minimum Gasteiger partial charge on any atom is -1.00 e. The maximum Gasteiger partial charge on any atom is 0.244 e. The van der Waals surface area contributed by atoms with Gasteiger partial charge >= 0.3 is 0 Å². The number of hydrogen-bond donors (Lipinski definition) is 0. The van der Waals surface area contributed by atoms with Crippen LogP contribution in [0, 0.1) is 0 Å². The van der Waals surface area contributed by atoms with Crippen LogP contribution in [0.5, 0.6) is 5.75 Å². The molecule has 0 fully saturated rings. The standard InChI is InChI=1S/C23H21N2O2.BrH/c1-27-23-20-10-6-5-9-19(20)11-12-21(23)22(26)16-25-14-13-24(17-25)15-18-7-3-2-4-8-18;/h2-14,17H,15-16H2,1H3;1H/q+1;/p-1. The predicted octanol–water partition coefficient (Wildman–Crippen LogP) is 0.873. The van der Waals surface area contributed by atoms with E-state index in [1.807, 2.05) is 77.9 Å². The van der Waals surface area contributed by atoms with Crippen LogP contribution in [0.1, 0.15) is 15.9 Å². The molecule has 1 heterocycles. The van der Waals surface area contributed by atoms with Gasteiger partial charge in [0.1, 0.15) is 24.7 Å². The number of carbonyl (C=O) groups is 1. The fraction of sp³-hybridized carbons (Fsp3) is 0.130. The van der Waals surface area contributed by atoms with Gasteiger partial charge in [0.05, 0.1) is 12.7 Å². The molecule has 142 valence electrons. The zero-order valence-electron chi connectivity index (χ0n) is 15.6. The van der Waals surface area contributed by atoms with Crippen molar-refractivity contribution in [2.45, 2.75) is 13.1 Å². The van der Waals surface area contributed by atoms with Gasteiger partial charge in [0, 0.05) is 5.39 Å². The molecule has 0 atom stereocenters. The van der Waals surface area contributed by atoms with E-state index in [0.29, 0.717) is 11.3 Å². The van der Waals surface area contributed by atoms with Gasteiger partial charge in [0.2, 0.25) is 12.1 Å². The van der Waals surface area contributed by atoms with E-state index < -0.39 is 0 Å². The van der Waals surface area contributed by atoms with Gasteiger partial charge < -0.3 is 21.7 Å². The topological polar surface area (TPSA) is 35.1 Å². The van der Waals surface area contributed by atoms with Gasteiger partial charge in [-0.25, -0.2) is 9.13 Å². The van der Waals surface area contributed by atoms with Crippen molar-refractivity contribution in [3.8, 4) is 5.75 Å². The van der Waals surface area contributed by atoms with Gasteiger partial charge in [0.15, 0.2) is 6.54 Å². The number of nitrogens with zero attached hydrogens (tertiary/aromatic N) is 2. The van der Waals surface area contributed by atoms with Crippen molar-refractivity contribution < 1.29 is 31.1 Å². The van der Waals surface area contributed by atoms with Crippen molar-refractivity contribution in [3.05, 3.63) is 96.6 Å². The number of benzene rings is 3. The molecule has 0 amide bonds. The monoisotopic (exact) mass is 436 g/mol. The molecule has 4 rings (SSSR count). The number of imidazole rings is 1. The van der Waals surface area contributed by atoms with E-state index in [1.165, 1.54) is 5.56 Å². The highest BCUT2D eigenvalue weighted by molar-refractivity contribution is 6.04. The maximum absolute atomic E-state index is 12.9. The first-order valence-corrected chi connectivity index (χ1v) is 8.92. The Hall–Kier alpha value is -2.92. The number of Topliss-reactive ketones (excluding diaryl/α,β-unsaturated/α-hetero) is 1. The lowest BCUT2D eigenvalue weighted by atomic mass is 10.0. The van der Waals surface area contributed by atoms with Crippen molar-refractivity contribution in [2.75, 3.05) is 7.11 Å². The average Bonchev–Trinajstić information content (AvgIpc) is 3.14. The molecule has 0 unspecified atom stereocenters. The number of fused-ring (bicyclic) bond motifs is 1. The van der Waals surface area contributed by atoms with Crippen molar-refractivity contribution in [2.24, 2.45) is 0 Å². The molecule has 0 radical (unpaired) electrons. The molecule has 0 saturated heterocycles. The van der Waals surface area contributed by atoms with Crippen LogP contribution in [0.4, 0.5) is 0 Å². The highest BCUT2D eigenvalue weighted by atomic mass is 79.9. The fourth-order valence-corrected chi connectivity index (χ4v) is 3.35. The first kappa shape index (κ1) is 19.8. The molecule has 4 nitrogen and oxygen atoms in total. The Morgan fingerprint density at radius 2 is 1.75 bits per heavy atom. The number of rotatable bonds is 6. The number of hydrogen-bond acceptors (Lipinski definition) is 2. The van der Waals surface area contributed by atoms with Crippen molar-refractivity contribution in [1.82, 2.24) is 4.57 Å². The van der Waals surface area contributed by atoms with E-state index in [1.54, 1.807) is 7.11 Å². The fourth-order valence-electron chi connectivity index (χ4n) is 3.35. The number of halogens is 1. The lowest BCUT2D eigenvalue weighted by Gasteiger charge is -2.10. The van der Waals surface area contributed by atoms with Crippen molar-refractivity contribution in [3.63, 3.8) is 0 Å². The first-order chi connectivity index (χ1) is 13.2. The Bertz CT molecular complexity index is 1090. The molecule has 0 spiro atoms. The summed E-state index contributed by atoms with van der Waals surface area (Å²) in [5, 5.41) is 2.02. The average molecular weight is 437 g/mol. The van der Waals surface area contributed by atoms with Gasteiger partial charge in [-0.3, -0.25) is 4.79 Å². The van der Waals surface area contributed by atoms with Crippen molar-refractivity contribution >= 4 is 16.6 Å². The number of ether oxygens (including phenoxy) is 1. The van der Waals surface area contributed by atoms with Crippen molar-refractivity contribution in [1.29, 1.82) is 0 Å². The Kier molecular flexibility index (Phi) is 6.26. The van der Waals surface area contributed by atoms with E-state index in [-0.39, 0.29) is 29.3 Å². The smallest absolute Gasteiger partial charge is 0.244 e. The number of carbonyl (C=O) groups excluding carboxylic acids is 1. The van der Waals surface area contributed by atoms with E-state index in [9.17, 15) is 4.79 Å². The summed E-state index contributed by atoms with van der Waals surface area (Å²) in [6, 6.07) is 22.0. The third-order valence-electron chi connectivity index (χ3n) is 4.66. The normalized spacial score (nSPS) is 10.5. The second kappa shape index (κ2) is 8.85. The summed E-state index contributed by atoms with van der Waals surface area (Å²) in [5.41, 5.74) is 1.84. The summed E-state index contributed by atoms with van der Waals surface area (Å²) in [5.74, 6) is 0.669. The lowest BCUT2D eigenvalue weighted by Crippen LogP contribution is -3.00. The zero-order chi connectivity index (χ0) is 18.6. The third kappa shape index (κ3) is 4.15. The molecule has 0 bridgehead atoms. The van der Waals surface area contributed by atoms with Gasteiger partial charge in [-0.05, 0) is 17.0 Å². The molecule has 0 saturated carbocycles. The molecule has 0 aliphatic rings. The molecule has 4 aromatic rings. The van der Waals surface area contributed by atoms with E-state index >= 15 is 0 Å². The summed E-state index contributed by atoms with van der Waals surface area (Å²) in [6.45, 7) is 1.05. The van der Waals surface area contributed by atoms with Crippen LogP contribution in [-0.2, 0) is 13.1 Å². The Morgan fingerprint density at radius 3 is 2.54 bits per heavy atom. The second-order valence-corrected chi connectivity index (χ2v) is 6.53. The van der Waals surface area contributed by atoms with Crippen LogP contribution in [0.2, 0.25) is 0 Å². The van der Waals surface area contributed by atoms with Gasteiger partial charge in [-0.2, -0.15) is 0 Å². The molecule has 1 aromatic heterocycles. The van der Waals surface area contributed by atoms with E-state index in [2.05, 4.69) is 16.7 Å². The Balaban J connectivity index is 0.00000225. The molecule has 3 aromatic carbocycles. The Labute approximate surface area is 174 Å². The van der Waals surface area contributed by atoms with Gasteiger partial charge in [0.25, 0.3) is 0 Å². The molecule has 0 N–H and O–H groups in total. The first-order valence-electron chi connectivity index (χ1n) is 8.92. The third-order valence-corrected chi connectivity index (χ3v) is 4.66. The molecule has 0 aliphatic heterocycles. The van der Waals surface area contributed by atoms with Crippen LogP contribution in [0.15, 0.2) is 85.5 Å². The molecule has 5 heteroatoms. The summed E-state index contributed by atoms with van der Waals surface area (Å²) in [4.78, 5) is 12.9. The molecule has 28 heavy (non-hydrogen) atoms. The highest BCUT2D eigenvalue weighted by Gasteiger charge is 2.18. The maximum atomic E-state index is 12.9. The predicted molar refractivity (Wildman–Crippen MR) is 105 cm³/mol. The minimum atomic E-state index is 0. The lowest BCUT2D eigenvalue weighted by molar-refractivity contribution is -0.682. The minimum absolute atomic E-state index is 0. The summed E-state index contributed by atoms with van der Waals surface area (Å²) in [6.07, 6.45) is 5.87. The number of ketones is 1. The highest BCUT2D eigenvalue weighted by Crippen LogP contribution is 2.29. The molecule has 0 aliphatic carbocycles. The summed E-state index contributed by atoms with van der Waals surface area (Å²) >= 11 is 0. The van der Waals surface area contributed by atoms with Crippen LogP contribution in [-0.4, -0.2) is 17.5 Å². The second-order valence-electron chi connectivity index (χ2n) is 6.53. The Morgan fingerprint density at radius 1 is 1.00 bits per heavy atom. The molecular formula is C23H21BrN2O2. The number of methoxy groups -OCH3 is 1. The van der Waals surface area contributed by atoms with E-state index in [0.717, 1.165) is 17.3 Å². The van der Waals surface area contributed by atoms with Crippen LogP contribution < -0.4 is 26.3 Å². The van der Waals surface area contributed by atoms with Crippen LogP contribution in [0.3, 0.4) is 0 Å². The quantitative estimate of drug-likeness (QED) is 0.332. The van der Waals surface area contributed by atoms with Gasteiger partial charge in [-0.1, -0.05) is 60.7 Å². The largest absolute Gasteiger partial charge is 1.00 e. The number of aromatic nitrogens is 2. The zero-order valence-corrected chi connectivity index (χ0v) is 17.2. The van der Waals surface area contributed by atoms with Gasteiger partial charge in [-0.15, -0.1) is 0 Å². The van der Waals surface area contributed by atoms with Crippen LogP contribution >= 0.6 is 0 Å². The molecular weight excluding hydrogens is 416 g/mol.